The molecule has 1 aromatic carbocycles. The molecule has 1 aromatic rings. The summed E-state index contributed by atoms with van der Waals surface area (Å²) in [6, 6.07) is 5.15. The van der Waals surface area contributed by atoms with Crippen molar-refractivity contribution in [2.75, 3.05) is 6.54 Å². The second kappa shape index (κ2) is 6.35. The van der Waals surface area contributed by atoms with Gasteiger partial charge in [-0.2, -0.15) is 0 Å². The Morgan fingerprint density at radius 2 is 2.35 bits per heavy atom. The van der Waals surface area contributed by atoms with Crippen molar-refractivity contribution in [1.82, 2.24) is 0 Å². The molecule has 5 heteroatoms. The number of hydrogen-bond acceptors (Lipinski definition) is 2. The number of azide groups is 1. The van der Waals surface area contributed by atoms with Crippen molar-refractivity contribution in [3.63, 3.8) is 0 Å². The third-order valence-corrected chi connectivity index (χ3v) is 2.25. The Labute approximate surface area is 99.0 Å². The van der Waals surface area contributed by atoms with E-state index in [1.165, 1.54) is 0 Å². The summed E-state index contributed by atoms with van der Waals surface area (Å²) in [7, 11) is 0. The van der Waals surface area contributed by atoms with E-state index in [9.17, 15) is 4.79 Å². The summed E-state index contributed by atoms with van der Waals surface area (Å²) in [5.74, 6) is -0.915. The molecule has 1 rings (SSSR count). The lowest BCUT2D eigenvalue weighted by molar-refractivity contribution is 0.0696. The summed E-state index contributed by atoms with van der Waals surface area (Å²) in [5, 5.41) is 12.3. The first-order valence-electron chi connectivity index (χ1n) is 5.16. The molecule has 88 valence electrons. The number of carboxylic acid groups (broad SMARTS) is 1. The molecule has 0 bridgehead atoms. The maximum absolute atomic E-state index is 10.8. The largest absolute Gasteiger partial charge is 0.478 e. The summed E-state index contributed by atoms with van der Waals surface area (Å²) >= 11 is 0. The molecular formula is C12H13N3O2. The quantitative estimate of drug-likeness (QED) is 0.364. The normalized spacial score (nSPS) is 10.2. The number of aryl methyl sites for hydroxylation is 1. The molecule has 0 saturated carbocycles. The van der Waals surface area contributed by atoms with Crippen LogP contribution in [0.2, 0.25) is 0 Å². The Morgan fingerprint density at radius 3 is 2.94 bits per heavy atom. The highest BCUT2D eigenvalue weighted by Gasteiger charge is 2.05. The van der Waals surface area contributed by atoms with Crippen LogP contribution in [-0.2, 0) is 0 Å². The first-order valence-corrected chi connectivity index (χ1v) is 5.16. The van der Waals surface area contributed by atoms with Crippen LogP contribution in [0, 0.1) is 6.92 Å². The van der Waals surface area contributed by atoms with Crippen LogP contribution in [-0.4, -0.2) is 17.6 Å². The van der Waals surface area contributed by atoms with Gasteiger partial charge in [-0.1, -0.05) is 29.4 Å². The fraction of sp³-hybridized carbons (Fsp3) is 0.250. The number of aromatic carboxylic acids is 1. The molecule has 0 radical (unpaired) electrons. The zero-order valence-corrected chi connectivity index (χ0v) is 9.50. The van der Waals surface area contributed by atoms with E-state index in [1.54, 1.807) is 19.1 Å². The van der Waals surface area contributed by atoms with Crippen LogP contribution in [0.5, 0.6) is 0 Å². The Morgan fingerprint density at radius 1 is 1.59 bits per heavy atom. The van der Waals surface area contributed by atoms with E-state index in [2.05, 4.69) is 10.0 Å². The summed E-state index contributed by atoms with van der Waals surface area (Å²) in [4.78, 5) is 13.5. The molecule has 5 nitrogen and oxygen atoms in total. The molecule has 0 unspecified atom stereocenters. The molecule has 0 spiro atoms. The number of hydrogen-bond donors (Lipinski definition) is 1. The zero-order valence-electron chi connectivity index (χ0n) is 9.50. The third kappa shape index (κ3) is 4.01. The lowest BCUT2D eigenvalue weighted by Crippen LogP contribution is -1.99. The Bertz CT molecular complexity index is 489. The molecule has 0 atom stereocenters. The van der Waals surface area contributed by atoms with Crippen molar-refractivity contribution < 1.29 is 9.90 Å². The van der Waals surface area contributed by atoms with Gasteiger partial charge in [0.2, 0.25) is 0 Å². The Kier molecular flexibility index (Phi) is 4.78. The molecule has 0 aliphatic heterocycles. The molecule has 0 aromatic heterocycles. The number of nitrogens with zero attached hydrogens (tertiary/aromatic N) is 3. The molecule has 0 saturated heterocycles. The summed E-state index contributed by atoms with van der Waals surface area (Å²) < 4.78 is 0. The van der Waals surface area contributed by atoms with Gasteiger partial charge in [-0.25, -0.2) is 4.79 Å². The maximum atomic E-state index is 10.8. The van der Waals surface area contributed by atoms with Gasteiger partial charge >= 0.3 is 5.97 Å². The fourth-order valence-corrected chi connectivity index (χ4v) is 1.43. The van der Waals surface area contributed by atoms with E-state index in [-0.39, 0.29) is 0 Å². The predicted molar refractivity (Wildman–Crippen MR) is 65.8 cm³/mol. The van der Waals surface area contributed by atoms with Crippen LogP contribution in [0.3, 0.4) is 0 Å². The topological polar surface area (TPSA) is 86.1 Å². The van der Waals surface area contributed by atoms with Crippen LogP contribution in [0.15, 0.2) is 29.4 Å². The van der Waals surface area contributed by atoms with Gasteiger partial charge < -0.3 is 5.11 Å². The molecule has 0 aliphatic rings. The highest BCUT2D eigenvalue weighted by molar-refractivity contribution is 5.89. The zero-order chi connectivity index (χ0) is 12.7. The summed E-state index contributed by atoms with van der Waals surface area (Å²) in [5.41, 5.74) is 10.1. The van der Waals surface area contributed by atoms with Crippen LogP contribution in [0.25, 0.3) is 16.5 Å². The average Bonchev–Trinajstić information content (AvgIpc) is 2.28. The van der Waals surface area contributed by atoms with Gasteiger partial charge in [0.1, 0.15) is 0 Å². The summed E-state index contributed by atoms with van der Waals surface area (Å²) in [6.07, 6.45) is 4.44. The minimum absolute atomic E-state index is 0.316. The van der Waals surface area contributed by atoms with Gasteiger partial charge in [0.05, 0.1) is 5.56 Å². The van der Waals surface area contributed by atoms with Crippen LogP contribution < -0.4 is 0 Å². The summed E-state index contributed by atoms with van der Waals surface area (Å²) in [6.45, 7) is 2.19. The third-order valence-electron chi connectivity index (χ3n) is 2.25. The first-order chi connectivity index (χ1) is 8.15. The van der Waals surface area contributed by atoms with Gasteiger partial charge in [-0.05, 0) is 36.1 Å². The molecule has 17 heavy (non-hydrogen) atoms. The van der Waals surface area contributed by atoms with E-state index in [0.29, 0.717) is 18.5 Å². The van der Waals surface area contributed by atoms with Crippen LogP contribution >= 0.6 is 0 Å². The van der Waals surface area contributed by atoms with E-state index >= 15 is 0 Å². The van der Waals surface area contributed by atoms with Crippen molar-refractivity contribution in [1.29, 1.82) is 0 Å². The first kappa shape index (κ1) is 12.8. The van der Waals surface area contributed by atoms with Gasteiger partial charge in [0.25, 0.3) is 0 Å². The van der Waals surface area contributed by atoms with Gasteiger partial charge in [0.15, 0.2) is 0 Å². The minimum atomic E-state index is -0.915. The van der Waals surface area contributed by atoms with Gasteiger partial charge in [-0.15, -0.1) is 0 Å². The smallest absolute Gasteiger partial charge is 0.335 e. The van der Waals surface area contributed by atoms with Gasteiger partial charge in [0, 0.05) is 11.5 Å². The second-order valence-corrected chi connectivity index (χ2v) is 3.53. The highest BCUT2D eigenvalue weighted by Crippen LogP contribution is 2.12. The number of rotatable bonds is 5. The van der Waals surface area contributed by atoms with E-state index in [4.69, 9.17) is 10.6 Å². The van der Waals surface area contributed by atoms with Crippen LogP contribution in [0.4, 0.5) is 0 Å². The maximum Gasteiger partial charge on any atom is 0.335 e. The second-order valence-electron chi connectivity index (χ2n) is 3.53. The minimum Gasteiger partial charge on any atom is -0.478 e. The Hall–Kier alpha value is -2.26. The van der Waals surface area contributed by atoms with E-state index < -0.39 is 5.97 Å². The molecular weight excluding hydrogens is 218 g/mol. The standard InChI is InChI=1S/C12H13N3O2/c1-9-8-10(4-2-3-7-14-15-13)5-6-11(9)12(16)17/h2,4-6,8H,3,7H2,1H3,(H,16,17). The SMILES string of the molecule is Cc1cc(C=CCCN=[N+]=[N-])ccc1C(=O)O. The monoisotopic (exact) mass is 231 g/mol. The van der Waals surface area contributed by atoms with Gasteiger partial charge in [-0.3, -0.25) is 0 Å². The highest BCUT2D eigenvalue weighted by atomic mass is 16.4. The Balaban J connectivity index is 2.70. The lowest BCUT2D eigenvalue weighted by atomic mass is 10.0. The van der Waals surface area contributed by atoms with Crippen molar-refractivity contribution in [2.45, 2.75) is 13.3 Å². The van der Waals surface area contributed by atoms with E-state index in [0.717, 1.165) is 11.1 Å². The number of carbonyl (C=O) groups is 1. The average molecular weight is 231 g/mol. The molecule has 0 aliphatic carbocycles. The number of benzene rings is 1. The fourth-order valence-electron chi connectivity index (χ4n) is 1.43. The molecule has 0 amide bonds. The van der Waals surface area contributed by atoms with Crippen LogP contribution in [0.1, 0.15) is 27.9 Å². The number of carboxylic acids is 1. The molecule has 0 heterocycles. The van der Waals surface area contributed by atoms with E-state index in [1.807, 2.05) is 18.2 Å². The molecule has 0 fully saturated rings. The van der Waals surface area contributed by atoms with Crippen molar-refractivity contribution in [3.8, 4) is 0 Å². The van der Waals surface area contributed by atoms with Crippen molar-refractivity contribution >= 4 is 12.0 Å². The lowest BCUT2D eigenvalue weighted by Gasteiger charge is -2.01. The predicted octanol–water partition coefficient (Wildman–Crippen LogP) is 3.41. The van der Waals surface area contributed by atoms with Crippen molar-refractivity contribution in [3.05, 3.63) is 51.4 Å². The van der Waals surface area contributed by atoms with Crippen molar-refractivity contribution in [2.24, 2.45) is 5.11 Å². The molecule has 1 N–H and O–H groups in total.